The monoisotopic (exact) mass is 250 g/mol. The van der Waals surface area contributed by atoms with Gasteiger partial charge in [-0.15, -0.1) is 0 Å². The number of methoxy groups -OCH3 is 2. The fourth-order valence-electron chi connectivity index (χ4n) is 1.47. The minimum atomic E-state index is -0.572. The highest BCUT2D eigenvalue weighted by Gasteiger charge is 2.17. The molecule has 1 aromatic carbocycles. The molecule has 0 amide bonds. The Morgan fingerprint density at radius 1 is 0.944 bits per heavy atom. The van der Waals surface area contributed by atoms with Crippen LogP contribution in [-0.4, -0.2) is 31.9 Å². The van der Waals surface area contributed by atoms with Crippen LogP contribution in [0.3, 0.4) is 0 Å². The van der Waals surface area contributed by atoms with Gasteiger partial charge in [0.05, 0.1) is 26.2 Å². The van der Waals surface area contributed by atoms with Gasteiger partial charge in [-0.1, -0.05) is 18.2 Å². The summed E-state index contributed by atoms with van der Waals surface area (Å²) in [6.07, 6.45) is -0.00841. The van der Waals surface area contributed by atoms with Gasteiger partial charge in [-0.2, -0.15) is 0 Å². The Bertz CT molecular complexity index is 464. The first-order chi connectivity index (χ1) is 8.60. The highest BCUT2D eigenvalue weighted by atomic mass is 16.5. The van der Waals surface area contributed by atoms with Gasteiger partial charge in [-0.3, -0.25) is 9.59 Å². The lowest BCUT2D eigenvalue weighted by molar-refractivity contribution is -0.140. The first-order valence-corrected chi connectivity index (χ1v) is 5.37. The van der Waals surface area contributed by atoms with E-state index >= 15 is 0 Å². The summed E-state index contributed by atoms with van der Waals surface area (Å²) in [5.74, 6) is -1.32. The van der Waals surface area contributed by atoms with Crippen LogP contribution in [0.5, 0.6) is 0 Å². The molecule has 0 heterocycles. The molecule has 0 radical (unpaired) electrons. The van der Waals surface area contributed by atoms with E-state index in [2.05, 4.69) is 9.47 Å². The summed E-state index contributed by atoms with van der Waals surface area (Å²) < 4.78 is 9.04. The number of hydrogen-bond acceptors (Lipinski definition) is 5. The molecule has 1 rings (SSSR count). The summed E-state index contributed by atoms with van der Waals surface area (Å²) in [5, 5.41) is 0. The van der Waals surface area contributed by atoms with Crippen molar-refractivity contribution in [3.63, 3.8) is 0 Å². The van der Waals surface area contributed by atoms with Crippen LogP contribution in [0.1, 0.15) is 33.6 Å². The molecule has 0 aliphatic heterocycles. The van der Waals surface area contributed by atoms with E-state index in [9.17, 15) is 14.4 Å². The smallest absolute Gasteiger partial charge is 0.338 e. The lowest BCUT2D eigenvalue weighted by atomic mass is 10.0. The van der Waals surface area contributed by atoms with E-state index < -0.39 is 11.9 Å². The first-order valence-electron chi connectivity index (χ1n) is 5.37. The van der Waals surface area contributed by atoms with Crippen molar-refractivity contribution in [3.8, 4) is 0 Å². The molecule has 0 saturated carbocycles. The Kier molecular flexibility index (Phi) is 5.05. The van der Waals surface area contributed by atoms with Crippen molar-refractivity contribution in [1.29, 1.82) is 0 Å². The zero-order valence-electron chi connectivity index (χ0n) is 10.3. The third-order valence-electron chi connectivity index (χ3n) is 2.42. The quantitative estimate of drug-likeness (QED) is 0.586. The average Bonchev–Trinajstić information content (AvgIpc) is 2.43. The number of benzene rings is 1. The van der Waals surface area contributed by atoms with Gasteiger partial charge in [-0.25, -0.2) is 4.79 Å². The Morgan fingerprint density at radius 3 is 2.11 bits per heavy atom. The fraction of sp³-hybridized carbons (Fsp3) is 0.308. The number of carbonyl (C=O) groups excluding carboxylic acids is 3. The van der Waals surface area contributed by atoms with Gasteiger partial charge in [-0.05, 0) is 6.07 Å². The van der Waals surface area contributed by atoms with Crippen molar-refractivity contribution in [3.05, 3.63) is 35.4 Å². The van der Waals surface area contributed by atoms with Crippen LogP contribution in [0.25, 0.3) is 0 Å². The predicted octanol–water partition coefficient (Wildman–Crippen LogP) is 1.61. The Hall–Kier alpha value is -2.17. The third kappa shape index (κ3) is 3.41. The van der Waals surface area contributed by atoms with E-state index in [-0.39, 0.29) is 29.8 Å². The molecule has 0 N–H and O–H groups in total. The maximum atomic E-state index is 11.9. The molecule has 0 aliphatic rings. The maximum Gasteiger partial charge on any atom is 0.338 e. The molecule has 5 nitrogen and oxygen atoms in total. The van der Waals surface area contributed by atoms with Crippen LogP contribution < -0.4 is 0 Å². The Balaban J connectivity index is 2.85. The second-order valence-electron chi connectivity index (χ2n) is 3.54. The van der Waals surface area contributed by atoms with Crippen molar-refractivity contribution < 1.29 is 23.9 Å². The standard InChI is InChI=1S/C13H14O5/c1-17-12(15)8-7-11(14)9-5-3-4-6-10(9)13(16)18-2/h3-6H,7-8H2,1-2H3. The van der Waals surface area contributed by atoms with Gasteiger partial charge < -0.3 is 9.47 Å². The topological polar surface area (TPSA) is 69.7 Å². The van der Waals surface area contributed by atoms with E-state index in [1.54, 1.807) is 12.1 Å². The maximum absolute atomic E-state index is 11.9. The van der Waals surface area contributed by atoms with Crippen molar-refractivity contribution in [2.24, 2.45) is 0 Å². The molecule has 0 unspecified atom stereocenters. The summed E-state index contributed by atoms with van der Waals surface area (Å²) in [4.78, 5) is 34.3. The number of ketones is 1. The lowest BCUT2D eigenvalue weighted by Gasteiger charge is -2.06. The molecule has 0 bridgehead atoms. The molecule has 0 saturated heterocycles. The van der Waals surface area contributed by atoms with Crippen LogP contribution in [0.15, 0.2) is 24.3 Å². The van der Waals surface area contributed by atoms with Crippen LogP contribution in [0, 0.1) is 0 Å². The van der Waals surface area contributed by atoms with Crippen LogP contribution in [0.4, 0.5) is 0 Å². The summed E-state index contributed by atoms with van der Waals surface area (Å²) in [7, 11) is 2.51. The highest BCUT2D eigenvalue weighted by molar-refractivity contribution is 6.06. The van der Waals surface area contributed by atoms with Crippen LogP contribution in [-0.2, 0) is 14.3 Å². The molecule has 0 spiro atoms. The number of rotatable bonds is 5. The minimum absolute atomic E-state index is 0.000676. The second kappa shape index (κ2) is 6.54. The van der Waals surface area contributed by atoms with Gasteiger partial charge in [0.15, 0.2) is 5.78 Å². The van der Waals surface area contributed by atoms with E-state index in [0.29, 0.717) is 0 Å². The molecule has 5 heteroatoms. The summed E-state index contributed by atoms with van der Waals surface area (Å²) >= 11 is 0. The third-order valence-corrected chi connectivity index (χ3v) is 2.42. The minimum Gasteiger partial charge on any atom is -0.469 e. The number of hydrogen-bond donors (Lipinski definition) is 0. The van der Waals surface area contributed by atoms with Gasteiger partial charge in [0.2, 0.25) is 0 Å². The molecule has 0 aromatic heterocycles. The lowest BCUT2D eigenvalue weighted by Crippen LogP contribution is -2.12. The molecule has 0 aliphatic carbocycles. The normalized spacial score (nSPS) is 9.67. The van der Waals surface area contributed by atoms with E-state index in [4.69, 9.17) is 0 Å². The van der Waals surface area contributed by atoms with Gasteiger partial charge >= 0.3 is 11.9 Å². The second-order valence-corrected chi connectivity index (χ2v) is 3.54. The molecular weight excluding hydrogens is 236 g/mol. The van der Waals surface area contributed by atoms with Gasteiger partial charge in [0.25, 0.3) is 0 Å². The predicted molar refractivity (Wildman–Crippen MR) is 63.4 cm³/mol. The summed E-state index contributed by atoms with van der Waals surface area (Å²) in [6, 6.07) is 6.34. The van der Waals surface area contributed by atoms with Gasteiger partial charge in [0, 0.05) is 12.0 Å². The van der Waals surface area contributed by atoms with Crippen LogP contribution >= 0.6 is 0 Å². The first kappa shape index (κ1) is 13.9. The fourth-order valence-corrected chi connectivity index (χ4v) is 1.47. The summed E-state index contributed by atoms with van der Waals surface area (Å²) in [6.45, 7) is 0. The number of esters is 2. The van der Waals surface area contributed by atoms with E-state index in [0.717, 1.165) is 0 Å². The van der Waals surface area contributed by atoms with Crippen molar-refractivity contribution in [2.45, 2.75) is 12.8 Å². The largest absolute Gasteiger partial charge is 0.469 e. The average molecular weight is 250 g/mol. The zero-order chi connectivity index (χ0) is 13.5. The Morgan fingerprint density at radius 2 is 1.56 bits per heavy atom. The Labute approximate surface area is 105 Å². The number of ether oxygens (including phenoxy) is 2. The highest BCUT2D eigenvalue weighted by Crippen LogP contribution is 2.13. The van der Waals surface area contributed by atoms with E-state index in [1.807, 2.05) is 0 Å². The SMILES string of the molecule is COC(=O)CCC(=O)c1ccccc1C(=O)OC. The van der Waals surface area contributed by atoms with Crippen molar-refractivity contribution >= 4 is 17.7 Å². The molecule has 18 heavy (non-hydrogen) atoms. The zero-order valence-corrected chi connectivity index (χ0v) is 10.3. The van der Waals surface area contributed by atoms with Gasteiger partial charge in [0.1, 0.15) is 0 Å². The number of carbonyl (C=O) groups is 3. The molecule has 0 fully saturated rings. The molecule has 0 atom stereocenters. The molecule has 96 valence electrons. The number of Topliss-reactive ketones (excluding diaryl/α,β-unsaturated/α-hetero) is 1. The van der Waals surface area contributed by atoms with Crippen molar-refractivity contribution in [2.75, 3.05) is 14.2 Å². The van der Waals surface area contributed by atoms with Crippen LogP contribution in [0.2, 0.25) is 0 Å². The molecule has 1 aromatic rings. The molecular formula is C13H14O5. The summed E-state index contributed by atoms with van der Waals surface area (Å²) in [5.41, 5.74) is 0.461. The van der Waals surface area contributed by atoms with E-state index in [1.165, 1.54) is 26.4 Å². The van der Waals surface area contributed by atoms with Crippen molar-refractivity contribution in [1.82, 2.24) is 0 Å².